The van der Waals surface area contributed by atoms with Crippen molar-refractivity contribution in [2.24, 2.45) is 0 Å². The van der Waals surface area contributed by atoms with Crippen molar-refractivity contribution < 1.29 is 27.5 Å². The number of ketones is 1. The number of benzene rings is 1. The van der Waals surface area contributed by atoms with E-state index in [0.29, 0.717) is 0 Å². The summed E-state index contributed by atoms with van der Waals surface area (Å²) in [5.74, 6) is -3.70. The highest BCUT2D eigenvalue weighted by molar-refractivity contribution is 6.07. The lowest BCUT2D eigenvalue weighted by Crippen LogP contribution is -2.04. The molecule has 0 saturated heterocycles. The molecule has 0 aliphatic heterocycles. The summed E-state index contributed by atoms with van der Waals surface area (Å²) in [6.45, 7) is 0. The van der Waals surface area contributed by atoms with E-state index in [2.05, 4.69) is 4.74 Å². The highest BCUT2D eigenvalue weighted by Gasteiger charge is 2.20. The number of hydrogen-bond acceptors (Lipinski definition) is 4. The van der Waals surface area contributed by atoms with Gasteiger partial charge in [0, 0.05) is 0 Å². The first-order chi connectivity index (χ1) is 9.02. The van der Waals surface area contributed by atoms with Crippen molar-refractivity contribution in [3.63, 3.8) is 0 Å². The molecule has 6 heteroatoms. The zero-order chi connectivity index (χ0) is 14.0. The van der Waals surface area contributed by atoms with Gasteiger partial charge < -0.3 is 9.15 Å². The first-order valence-corrected chi connectivity index (χ1v) is 5.21. The zero-order valence-electron chi connectivity index (χ0n) is 9.78. The lowest BCUT2D eigenvalue weighted by molar-refractivity contribution is 0.0563. The molecular weight excluding hydrogens is 258 g/mol. The summed E-state index contributed by atoms with van der Waals surface area (Å²) in [5, 5.41) is 0. The van der Waals surface area contributed by atoms with E-state index in [1.54, 1.807) is 0 Å². The standard InChI is InChI=1S/C13H8F2O4/c1-18-13(17)11-5-4-10(19-11)12(16)8-6-7(14)2-3-9(8)15/h2-6H,1H3. The monoisotopic (exact) mass is 266 g/mol. The number of halogens is 2. The summed E-state index contributed by atoms with van der Waals surface area (Å²) >= 11 is 0. The van der Waals surface area contributed by atoms with Gasteiger partial charge in [0.15, 0.2) is 5.76 Å². The number of hydrogen-bond donors (Lipinski definition) is 0. The van der Waals surface area contributed by atoms with Crippen molar-refractivity contribution in [3.05, 3.63) is 59.1 Å². The Kier molecular flexibility index (Phi) is 3.41. The molecule has 0 unspecified atom stereocenters. The normalized spacial score (nSPS) is 10.3. The Morgan fingerprint density at radius 3 is 2.47 bits per heavy atom. The minimum Gasteiger partial charge on any atom is -0.463 e. The van der Waals surface area contributed by atoms with Crippen LogP contribution in [0.2, 0.25) is 0 Å². The Bertz CT molecular complexity index is 646. The fourth-order valence-electron chi connectivity index (χ4n) is 1.47. The second kappa shape index (κ2) is 5.01. The molecule has 19 heavy (non-hydrogen) atoms. The zero-order valence-corrected chi connectivity index (χ0v) is 9.78. The van der Waals surface area contributed by atoms with Crippen molar-refractivity contribution in [2.45, 2.75) is 0 Å². The summed E-state index contributed by atoms with van der Waals surface area (Å²) in [5.41, 5.74) is -0.467. The van der Waals surface area contributed by atoms with Crippen LogP contribution in [-0.2, 0) is 4.74 Å². The molecular formula is C13H8F2O4. The molecule has 0 atom stereocenters. The Morgan fingerprint density at radius 1 is 1.11 bits per heavy atom. The summed E-state index contributed by atoms with van der Waals surface area (Å²) in [7, 11) is 1.15. The number of methoxy groups -OCH3 is 1. The average Bonchev–Trinajstić information content (AvgIpc) is 2.89. The Labute approximate surface area is 106 Å². The van der Waals surface area contributed by atoms with Crippen LogP contribution < -0.4 is 0 Å². The largest absolute Gasteiger partial charge is 0.463 e. The molecule has 1 heterocycles. The second-order valence-electron chi connectivity index (χ2n) is 3.61. The molecule has 2 aromatic rings. The Hall–Kier alpha value is -2.50. The van der Waals surface area contributed by atoms with E-state index in [1.807, 2.05) is 0 Å². The van der Waals surface area contributed by atoms with E-state index in [-0.39, 0.29) is 11.5 Å². The fraction of sp³-hybridized carbons (Fsp3) is 0.0769. The SMILES string of the molecule is COC(=O)c1ccc(C(=O)c2cc(F)ccc2F)o1. The predicted octanol–water partition coefficient (Wildman–Crippen LogP) is 2.58. The Morgan fingerprint density at radius 2 is 1.79 bits per heavy atom. The minimum absolute atomic E-state index is 0.192. The summed E-state index contributed by atoms with van der Waals surface area (Å²) < 4.78 is 35.7. The molecule has 0 N–H and O–H groups in total. The average molecular weight is 266 g/mol. The van der Waals surface area contributed by atoms with Gasteiger partial charge in [0.05, 0.1) is 12.7 Å². The van der Waals surface area contributed by atoms with Crippen molar-refractivity contribution in [1.82, 2.24) is 0 Å². The highest BCUT2D eigenvalue weighted by Crippen LogP contribution is 2.17. The lowest BCUT2D eigenvalue weighted by atomic mass is 10.1. The number of carbonyl (C=O) groups is 2. The van der Waals surface area contributed by atoms with E-state index in [0.717, 1.165) is 25.3 Å². The smallest absolute Gasteiger partial charge is 0.373 e. The molecule has 0 amide bonds. The van der Waals surface area contributed by atoms with E-state index >= 15 is 0 Å². The van der Waals surface area contributed by atoms with Crippen LogP contribution in [0.25, 0.3) is 0 Å². The van der Waals surface area contributed by atoms with Gasteiger partial charge in [-0.25, -0.2) is 13.6 Å². The van der Waals surface area contributed by atoms with E-state index < -0.39 is 29.0 Å². The van der Waals surface area contributed by atoms with Gasteiger partial charge in [-0.1, -0.05) is 0 Å². The van der Waals surface area contributed by atoms with E-state index in [1.165, 1.54) is 12.1 Å². The van der Waals surface area contributed by atoms with Crippen molar-refractivity contribution in [3.8, 4) is 0 Å². The molecule has 98 valence electrons. The number of furan rings is 1. The van der Waals surface area contributed by atoms with Crippen molar-refractivity contribution >= 4 is 11.8 Å². The Balaban J connectivity index is 2.36. The predicted molar refractivity (Wildman–Crippen MR) is 59.8 cm³/mol. The summed E-state index contributed by atoms with van der Waals surface area (Å²) in [6, 6.07) is 4.91. The number of rotatable bonds is 3. The highest BCUT2D eigenvalue weighted by atomic mass is 19.1. The maximum absolute atomic E-state index is 13.4. The van der Waals surface area contributed by atoms with Crippen LogP contribution in [0.15, 0.2) is 34.7 Å². The van der Waals surface area contributed by atoms with Gasteiger partial charge in [-0.3, -0.25) is 4.79 Å². The van der Waals surface area contributed by atoms with Gasteiger partial charge in [0.2, 0.25) is 11.5 Å². The molecule has 2 rings (SSSR count). The van der Waals surface area contributed by atoms with Crippen LogP contribution >= 0.6 is 0 Å². The molecule has 0 saturated carbocycles. The van der Waals surface area contributed by atoms with Gasteiger partial charge in [0.25, 0.3) is 0 Å². The molecule has 0 aliphatic rings. The van der Waals surface area contributed by atoms with Crippen LogP contribution in [0.5, 0.6) is 0 Å². The molecule has 0 spiro atoms. The van der Waals surface area contributed by atoms with Crippen molar-refractivity contribution in [1.29, 1.82) is 0 Å². The number of esters is 1. The first-order valence-electron chi connectivity index (χ1n) is 5.21. The maximum atomic E-state index is 13.4. The molecule has 0 bridgehead atoms. The third-order valence-corrected chi connectivity index (χ3v) is 2.39. The molecule has 0 aliphatic carbocycles. The quantitative estimate of drug-likeness (QED) is 0.633. The third-order valence-electron chi connectivity index (χ3n) is 2.39. The van der Waals surface area contributed by atoms with Gasteiger partial charge in [-0.15, -0.1) is 0 Å². The molecule has 4 nitrogen and oxygen atoms in total. The molecule has 0 fully saturated rings. The van der Waals surface area contributed by atoms with Gasteiger partial charge in [-0.05, 0) is 30.3 Å². The minimum atomic E-state index is -0.873. The van der Waals surface area contributed by atoms with Crippen LogP contribution in [0.4, 0.5) is 8.78 Å². The lowest BCUT2D eigenvalue weighted by Gasteiger charge is -2.00. The molecule has 1 aromatic heterocycles. The van der Waals surface area contributed by atoms with Gasteiger partial charge in [0.1, 0.15) is 11.6 Å². The third kappa shape index (κ3) is 2.52. The second-order valence-corrected chi connectivity index (χ2v) is 3.61. The van der Waals surface area contributed by atoms with E-state index in [9.17, 15) is 18.4 Å². The first kappa shape index (κ1) is 12.9. The van der Waals surface area contributed by atoms with Crippen LogP contribution in [-0.4, -0.2) is 18.9 Å². The van der Waals surface area contributed by atoms with Crippen LogP contribution in [0.3, 0.4) is 0 Å². The van der Waals surface area contributed by atoms with E-state index in [4.69, 9.17) is 4.42 Å². The van der Waals surface area contributed by atoms with Gasteiger partial charge >= 0.3 is 5.97 Å². The van der Waals surface area contributed by atoms with Gasteiger partial charge in [-0.2, -0.15) is 0 Å². The summed E-state index contributed by atoms with van der Waals surface area (Å²) in [4.78, 5) is 23.0. The summed E-state index contributed by atoms with van der Waals surface area (Å²) in [6.07, 6.45) is 0. The number of carbonyl (C=O) groups excluding carboxylic acids is 2. The molecule has 1 aromatic carbocycles. The van der Waals surface area contributed by atoms with Crippen LogP contribution in [0, 0.1) is 11.6 Å². The topological polar surface area (TPSA) is 56.5 Å². The molecule has 0 radical (unpaired) electrons. The number of ether oxygens (including phenoxy) is 1. The van der Waals surface area contributed by atoms with Crippen molar-refractivity contribution in [2.75, 3.05) is 7.11 Å². The fourth-order valence-corrected chi connectivity index (χ4v) is 1.47. The van der Waals surface area contributed by atoms with Crippen LogP contribution in [0.1, 0.15) is 26.7 Å². The maximum Gasteiger partial charge on any atom is 0.373 e.